The molecule has 0 saturated carbocycles. The predicted molar refractivity (Wildman–Crippen MR) is 55.1 cm³/mol. The van der Waals surface area contributed by atoms with E-state index in [1.165, 1.54) is 11.0 Å². The summed E-state index contributed by atoms with van der Waals surface area (Å²) in [6, 6.07) is 0. The first-order valence-corrected chi connectivity index (χ1v) is 4.85. The van der Waals surface area contributed by atoms with Crippen LogP contribution in [0.5, 0.6) is 0 Å². The second-order valence-electron chi connectivity index (χ2n) is 3.85. The first kappa shape index (κ1) is 12.5. The normalized spacial score (nSPS) is 17.4. The molecule has 0 aromatic carbocycles. The van der Waals surface area contributed by atoms with Crippen molar-refractivity contribution in [3.8, 4) is 0 Å². The highest BCUT2D eigenvalue weighted by molar-refractivity contribution is 5.70. The van der Waals surface area contributed by atoms with Crippen molar-refractivity contribution in [1.29, 1.82) is 0 Å². The van der Waals surface area contributed by atoms with Gasteiger partial charge in [-0.1, -0.05) is 12.7 Å². The Kier molecular flexibility index (Phi) is 3.89. The maximum atomic E-state index is 11.3. The molecule has 6 nitrogen and oxygen atoms in total. The van der Waals surface area contributed by atoms with Crippen molar-refractivity contribution in [2.45, 2.75) is 12.5 Å². The van der Waals surface area contributed by atoms with Gasteiger partial charge in [-0.15, -0.1) is 0 Å². The number of carbonyl (C=O) groups is 2. The zero-order chi connectivity index (χ0) is 12.2. The van der Waals surface area contributed by atoms with Crippen LogP contribution in [0.15, 0.2) is 12.7 Å². The second-order valence-corrected chi connectivity index (χ2v) is 3.85. The van der Waals surface area contributed by atoms with Gasteiger partial charge >= 0.3 is 12.1 Å². The van der Waals surface area contributed by atoms with Crippen LogP contribution >= 0.6 is 0 Å². The quantitative estimate of drug-likeness (QED) is 0.694. The van der Waals surface area contributed by atoms with Crippen LogP contribution in [0.3, 0.4) is 0 Å². The molecule has 1 saturated heterocycles. The van der Waals surface area contributed by atoms with Crippen molar-refractivity contribution < 1.29 is 24.2 Å². The van der Waals surface area contributed by atoms with E-state index in [0.717, 1.165) is 0 Å². The number of ether oxygens (including phenoxy) is 2. The first-order chi connectivity index (χ1) is 7.47. The molecule has 16 heavy (non-hydrogen) atoms. The van der Waals surface area contributed by atoms with E-state index in [1.54, 1.807) is 6.92 Å². The number of amides is 1. The summed E-state index contributed by atoms with van der Waals surface area (Å²) in [5.74, 6) is -1.02. The molecule has 0 atom stereocenters. The maximum absolute atomic E-state index is 11.3. The molecule has 1 amide bonds. The molecule has 1 aliphatic rings. The third-order valence-electron chi connectivity index (χ3n) is 2.18. The fourth-order valence-electron chi connectivity index (χ4n) is 1.44. The van der Waals surface area contributed by atoms with Gasteiger partial charge in [0.1, 0.15) is 18.8 Å². The molecule has 0 aromatic heterocycles. The summed E-state index contributed by atoms with van der Waals surface area (Å²) in [4.78, 5) is 23.0. The molecular weight excluding hydrogens is 214 g/mol. The van der Waals surface area contributed by atoms with Crippen LogP contribution in [-0.4, -0.2) is 54.0 Å². The molecule has 1 aliphatic heterocycles. The molecule has 0 aliphatic carbocycles. The summed E-state index contributed by atoms with van der Waals surface area (Å²) in [5, 5.41) is 8.45. The van der Waals surface area contributed by atoms with Gasteiger partial charge in [0.25, 0.3) is 0 Å². The van der Waals surface area contributed by atoms with E-state index < -0.39 is 17.7 Å². The molecule has 0 bridgehead atoms. The number of carbonyl (C=O) groups excluding carboxylic acids is 1. The third kappa shape index (κ3) is 3.23. The minimum Gasteiger partial charge on any atom is -0.480 e. The lowest BCUT2D eigenvalue weighted by atomic mass is 9.97. The molecule has 0 aromatic rings. The lowest BCUT2D eigenvalue weighted by molar-refractivity contribution is -0.161. The minimum atomic E-state index is -1.02. The van der Waals surface area contributed by atoms with Gasteiger partial charge < -0.3 is 19.5 Å². The molecule has 1 N–H and O–H groups in total. The number of likely N-dealkylation sites (tertiary alicyclic amines) is 1. The zero-order valence-corrected chi connectivity index (χ0v) is 9.14. The van der Waals surface area contributed by atoms with E-state index >= 15 is 0 Å². The number of carboxylic acid groups (broad SMARTS) is 1. The largest absolute Gasteiger partial charge is 0.480 e. The molecule has 6 heteroatoms. The molecule has 0 unspecified atom stereocenters. The van der Waals surface area contributed by atoms with E-state index in [1.807, 2.05) is 0 Å². The SMILES string of the molecule is C=CCOC(=O)N1CC(C)(OCC(=O)O)C1. The zero-order valence-electron chi connectivity index (χ0n) is 9.14. The van der Waals surface area contributed by atoms with Crippen molar-refractivity contribution in [2.75, 3.05) is 26.3 Å². The second kappa shape index (κ2) is 4.98. The molecule has 1 heterocycles. The number of carboxylic acids is 1. The van der Waals surface area contributed by atoms with Crippen LogP contribution < -0.4 is 0 Å². The van der Waals surface area contributed by atoms with Gasteiger partial charge in [0.05, 0.1) is 13.1 Å². The summed E-state index contributed by atoms with van der Waals surface area (Å²) < 4.78 is 9.95. The average molecular weight is 229 g/mol. The summed E-state index contributed by atoms with van der Waals surface area (Å²) in [6.45, 7) is 5.69. The Balaban J connectivity index is 2.27. The summed E-state index contributed by atoms with van der Waals surface area (Å²) in [7, 11) is 0. The van der Waals surface area contributed by atoms with Crippen molar-refractivity contribution in [3.05, 3.63) is 12.7 Å². The first-order valence-electron chi connectivity index (χ1n) is 4.85. The highest BCUT2D eigenvalue weighted by atomic mass is 16.6. The van der Waals surface area contributed by atoms with Crippen LogP contribution in [0.2, 0.25) is 0 Å². The van der Waals surface area contributed by atoms with Gasteiger partial charge in [-0.05, 0) is 6.92 Å². The highest BCUT2D eigenvalue weighted by Gasteiger charge is 2.43. The van der Waals surface area contributed by atoms with Crippen LogP contribution in [0.1, 0.15) is 6.92 Å². The van der Waals surface area contributed by atoms with E-state index in [9.17, 15) is 9.59 Å². The van der Waals surface area contributed by atoms with Gasteiger partial charge in [0, 0.05) is 0 Å². The van der Waals surface area contributed by atoms with Gasteiger partial charge in [-0.25, -0.2) is 9.59 Å². The number of hydrogen-bond acceptors (Lipinski definition) is 4. The van der Waals surface area contributed by atoms with E-state index in [0.29, 0.717) is 13.1 Å². The van der Waals surface area contributed by atoms with Gasteiger partial charge in [-0.3, -0.25) is 0 Å². The number of hydrogen-bond donors (Lipinski definition) is 1. The molecular formula is C10H15NO5. The molecule has 0 spiro atoms. The molecule has 0 radical (unpaired) electrons. The Bertz CT molecular complexity index is 296. The summed E-state index contributed by atoms with van der Waals surface area (Å²) >= 11 is 0. The van der Waals surface area contributed by atoms with E-state index in [4.69, 9.17) is 14.6 Å². The van der Waals surface area contributed by atoms with E-state index in [-0.39, 0.29) is 13.2 Å². The van der Waals surface area contributed by atoms with Crippen molar-refractivity contribution >= 4 is 12.1 Å². The number of aliphatic carboxylic acids is 1. The Morgan fingerprint density at radius 2 is 2.19 bits per heavy atom. The molecule has 1 fully saturated rings. The highest BCUT2D eigenvalue weighted by Crippen LogP contribution is 2.25. The maximum Gasteiger partial charge on any atom is 0.410 e. The standard InChI is InChI=1S/C10H15NO5/c1-3-4-15-9(14)11-6-10(2,7-11)16-5-8(12)13/h3H,1,4-7H2,2H3,(H,12,13). The van der Waals surface area contributed by atoms with Crippen LogP contribution in [-0.2, 0) is 14.3 Å². The van der Waals surface area contributed by atoms with Crippen LogP contribution in [0.4, 0.5) is 4.79 Å². The van der Waals surface area contributed by atoms with Crippen molar-refractivity contribution in [3.63, 3.8) is 0 Å². The van der Waals surface area contributed by atoms with Gasteiger partial charge in [0.2, 0.25) is 0 Å². The van der Waals surface area contributed by atoms with Crippen molar-refractivity contribution in [1.82, 2.24) is 4.90 Å². The molecule has 1 rings (SSSR count). The predicted octanol–water partition coefficient (Wildman–Crippen LogP) is 0.485. The number of rotatable bonds is 5. The van der Waals surface area contributed by atoms with Crippen LogP contribution in [0, 0.1) is 0 Å². The van der Waals surface area contributed by atoms with Gasteiger partial charge in [-0.2, -0.15) is 0 Å². The minimum absolute atomic E-state index is 0.169. The molecule has 90 valence electrons. The third-order valence-corrected chi connectivity index (χ3v) is 2.18. The smallest absolute Gasteiger partial charge is 0.410 e. The monoisotopic (exact) mass is 229 g/mol. The Hall–Kier alpha value is -1.56. The number of nitrogens with zero attached hydrogens (tertiary/aromatic N) is 1. The Morgan fingerprint density at radius 1 is 1.56 bits per heavy atom. The fraction of sp³-hybridized carbons (Fsp3) is 0.600. The Labute approximate surface area is 93.4 Å². The fourth-order valence-corrected chi connectivity index (χ4v) is 1.44. The van der Waals surface area contributed by atoms with Crippen molar-refractivity contribution in [2.24, 2.45) is 0 Å². The summed E-state index contributed by atoms with van der Waals surface area (Å²) in [6.07, 6.45) is 1.05. The lowest BCUT2D eigenvalue weighted by Gasteiger charge is -2.46. The van der Waals surface area contributed by atoms with E-state index in [2.05, 4.69) is 6.58 Å². The summed E-state index contributed by atoms with van der Waals surface area (Å²) in [5.41, 5.74) is -0.578. The van der Waals surface area contributed by atoms with Gasteiger partial charge in [0.15, 0.2) is 0 Å². The average Bonchev–Trinajstić information content (AvgIpc) is 2.19. The topological polar surface area (TPSA) is 76.1 Å². The lowest BCUT2D eigenvalue weighted by Crippen LogP contribution is -2.63. The Morgan fingerprint density at radius 3 is 2.69 bits per heavy atom. The van der Waals surface area contributed by atoms with Crippen LogP contribution in [0.25, 0.3) is 0 Å².